The van der Waals surface area contributed by atoms with Crippen LogP contribution >= 0.6 is 31.9 Å². The van der Waals surface area contributed by atoms with Crippen LogP contribution in [0.4, 0.5) is 5.69 Å². The van der Waals surface area contributed by atoms with Crippen molar-refractivity contribution in [2.45, 2.75) is 6.54 Å². The highest BCUT2D eigenvalue weighted by molar-refractivity contribution is 9.11. The maximum absolute atomic E-state index is 5.31. The SMILES string of the molecule is COc1c(Br)cc(CNc2cccc3[nH]ncc23)cc1Br. The molecule has 3 aromatic rings. The smallest absolute Gasteiger partial charge is 0.147 e. The summed E-state index contributed by atoms with van der Waals surface area (Å²) >= 11 is 7.04. The summed E-state index contributed by atoms with van der Waals surface area (Å²) in [7, 11) is 1.66. The fourth-order valence-electron chi connectivity index (χ4n) is 2.23. The summed E-state index contributed by atoms with van der Waals surface area (Å²) < 4.78 is 7.17. The Morgan fingerprint density at radius 3 is 2.71 bits per heavy atom. The summed E-state index contributed by atoms with van der Waals surface area (Å²) in [4.78, 5) is 0. The Balaban J connectivity index is 1.83. The average molecular weight is 411 g/mol. The number of ether oxygens (including phenoxy) is 1. The number of aromatic nitrogens is 2. The lowest BCUT2D eigenvalue weighted by Gasteiger charge is -2.11. The van der Waals surface area contributed by atoms with Crippen LogP contribution < -0.4 is 10.1 Å². The number of nitrogens with one attached hydrogen (secondary N) is 2. The van der Waals surface area contributed by atoms with E-state index in [0.29, 0.717) is 6.54 Å². The van der Waals surface area contributed by atoms with E-state index < -0.39 is 0 Å². The largest absolute Gasteiger partial charge is 0.494 e. The van der Waals surface area contributed by atoms with Crippen LogP contribution in [-0.2, 0) is 6.54 Å². The van der Waals surface area contributed by atoms with Crippen LogP contribution in [0.3, 0.4) is 0 Å². The molecule has 0 aliphatic carbocycles. The summed E-state index contributed by atoms with van der Waals surface area (Å²) in [5.74, 6) is 0.802. The van der Waals surface area contributed by atoms with Crippen LogP contribution in [-0.4, -0.2) is 17.3 Å². The van der Waals surface area contributed by atoms with Gasteiger partial charge in [-0.3, -0.25) is 5.10 Å². The van der Waals surface area contributed by atoms with Gasteiger partial charge < -0.3 is 10.1 Å². The number of anilines is 1. The van der Waals surface area contributed by atoms with E-state index in [0.717, 1.165) is 36.8 Å². The molecule has 1 heterocycles. The molecule has 0 spiro atoms. The van der Waals surface area contributed by atoms with Crippen LogP contribution in [0.1, 0.15) is 5.56 Å². The third-order valence-electron chi connectivity index (χ3n) is 3.23. The summed E-state index contributed by atoms with van der Waals surface area (Å²) in [6, 6.07) is 10.2. The normalized spacial score (nSPS) is 10.8. The van der Waals surface area contributed by atoms with Crippen molar-refractivity contribution in [2.75, 3.05) is 12.4 Å². The van der Waals surface area contributed by atoms with E-state index >= 15 is 0 Å². The van der Waals surface area contributed by atoms with Gasteiger partial charge in [-0.25, -0.2) is 0 Å². The molecule has 21 heavy (non-hydrogen) atoms. The van der Waals surface area contributed by atoms with Gasteiger partial charge in [-0.05, 0) is 61.7 Å². The van der Waals surface area contributed by atoms with Crippen molar-refractivity contribution in [3.63, 3.8) is 0 Å². The van der Waals surface area contributed by atoms with E-state index in [9.17, 15) is 0 Å². The Morgan fingerprint density at radius 1 is 1.24 bits per heavy atom. The number of methoxy groups -OCH3 is 1. The predicted molar refractivity (Wildman–Crippen MR) is 91.8 cm³/mol. The number of aromatic amines is 1. The van der Waals surface area contributed by atoms with Gasteiger partial charge in [-0.2, -0.15) is 5.10 Å². The van der Waals surface area contributed by atoms with Gasteiger partial charge >= 0.3 is 0 Å². The first-order valence-corrected chi connectivity index (χ1v) is 7.95. The lowest BCUT2D eigenvalue weighted by atomic mass is 10.2. The molecule has 3 rings (SSSR count). The van der Waals surface area contributed by atoms with Crippen molar-refractivity contribution in [3.05, 3.63) is 51.0 Å². The molecule has 0 aliphatic heterocycles. The molecule has 0 saturated heterocycles. The molecule has 0 radical (unpaired) electrons. The maximum Gasteiger partial charge on any atom is 0.147 e. The van der Waals surface area contributed by atoms with Crippen molar-refractivity contribution in [3.8, 4) is 5.75 Å². The van der Waals surface area contributed by atoms with Gasteiger partial charge in [0.2, 0.25) is 0 Å². The third kappa shape index (κ3) is 2.91. The number of H-pyrrole nitrogens is 1. The molecule has 0 amide bonds. The van der Waals surface area contributed by atoms with E-state index in [-0.39, 0.29) is 0 Å². The molecular weight excluding hydrogens is 398 g/mol. The summed E-state index contributed by atoms with van der Waals surface area (Å²) in [6.45, 7) is 0.714. The second-order valence-corrected chi connectivity index (χ2v) is 6.29. The van der Waals surface area contributed by atoms with E-state index in [4.69, 9.17) is 4.74 Å². The highest BCUT2D eigenvalue weighted by Gasteiger charge is 2.08. The monoisotopic (exact) mass is 409 g/mol. The fraction of sp³-hybridized carbons (Fsp3) is 0.133. The van der Waals surface area contributed by atoms with Crippen molar-refractivity contribution in [2.24, 2.45) is 0 Å². The number of benzene rings is 2. The van der Waals surface area contributed by atoms with Gasteiger partial charge in [0.25, 0.3) is 0 Å². The lowest BCUT2D eigenvalue weighted by Crippen LogP contribution is -2.00. The molecule has 4 nitrogen and oxygen atoms in total. The van der Waals surface area contributed by atoms with Gasteiger partial charge in [0, 0.05) is 17.6 Å². The molecule has 0 aliphatic rings. The first-order valence-electron chi connectivity index (χ1n) is 6.37. The Morgan fingerprint density at radius 2 is 2.00 bits per heavy atom. The van der Waals surface area contributed by atoms with E-state index in [1.54, 1.807) is 7.11 Å². The van der Waals surface area contributed by atoms with E-state index in [2.05, 4.69) is 47.4 Å². The molecule has 1 aromatic heterocycles. The zero-order chi connectivity index (χ0) is 14.8. The fourth-order valence-corrected chi connectivity index (χ4v) is 3.83. The first kappa shape index (κ1) is 14.4. The zero-order valence-electron chi connectivity index (χ0n) is 11.3. The molecule has 108 valence electrons. The van der Waals surface area contributed by atoms with Crippen molar-refractivity contribution in [1.82, 2.24) is 10.2 Å². The molecule has 0 unspecified atom stereocenters. The molecule has 0 fully saturated rings. The highest BCUT2D eigenvalue weighted by Crippen LogP contribution is 2.34. The minimum atomic E-state index is 0.714. The Labute approximate surface area is 139 Å². The predicted octanol–water partition coefficient (Wildman–Crippen LogP) is 4.71. The van der Waals surface area contributed by atoms with Gasteiger partial charge in [-0.15, -0.1) is 0 Å². The third-order valence-corrected chi connectivity index (χ3v) is 4.41. The Kier molecular flexibility index (Phi) is 4.17. The molecule has 2 aromatic carbocycles. The maximum atomic E-state index is 5.31. The van der Waals surface area contributed by atoms with Gasteiger partial charge in [0.15, 0.2) is 0 Å². The number of fused-ring (bicyclic) bond motifs is 1. The lowest BCUT2D eigenvalue weighted by molar-refractivity contribution is 0.409. The van der Waals surface area contributed by atoms with Crippen molar-refractivity contribution < 1.29 is 4.74 Å². The van der Waals surface area contributed by atoms with Crippen LogP contribution in [0.25, 0.3) is 10.9 Å². The summed E-state index contributed by atoms with van der Waals surface area (Å²) in [6.07, 6.45) is 1.83. The van der Waals surface area contributed by atoms with Gasteiger partial charge in [0.1, 0.15) is 5.75 Å². The van der Waals surface area contributed by atoms with Crippen LogP contribution in [0.5, 0.6) is 5.75 Å². The number of rotatable bonds is 4. The van der Waals surface area contributed by atoms with Crippen LogP contribution in [0.15, 0.2) is 45.5 Å². The number of hydrogen-bond acceptors (Lipinski definition) is 3. The minimum Gasteiger partial charge on any atom is -0.494 e. The van der Waals surface area contributed by atoms with E-state index in [1.165, 1.54) is 0 Å². The van der Waals surface area contributed by atoms with Crippen LogP contribution in [0.2, 0.25) is 0 Å². The number of hydrogen-bond donors (Lipinski definition) is 2. The zero-order valence-corrected chi connectivity index (χ0v) is 14.5. The van der Waals surface area contributed by atoms with Gasteiger partial charge in [-0.1, -0.05) is 6.07 Å². The molecule has 0 atom stereocenters. The van der Waals surface area contributed by atoms with Crippen molar-refractivity contribution >= 4 is 48.5 Å². The molecule has 6 heteroatoms. The second-order valence-electron chi connectivity index (χ2n) is 4.58. The number of halogens is 2. The van der Waals surface area contributed by atoms with Crippen LogP contribution in [0, 0.1) is 0 Å². The van der Waals surface area contributed by atoms with E-state index in [1.807, 2.05) is 36.5 Å². The first-order chi connectivity index (χ1) is 10.2. The highest BCUT2D eigenvalue weighted by atomic mass is 79.9. The Bertz CT molecular complexity index is 762. The molecule has 0 saturated carbocycles. The van der Waals surface area contributed by atoms with Crippen molar-refractivity contribution in [1.29, 1.82) is 0 Å². The quantitative estimate of drug-likeness (QED) is 0.654. The standard InChI is InChI=1S/C15H13Br2N3O/c1-21-15-11(16)5-9(6-12(15)17)7-18-13-3-2-4-14-10(13)8-19-20-14/h2-6,8,18H,7H2,1H3,(H,19,20). The molecule has 2 N–H and O–H groups in total. The topological polar surface area (TPSA) is 49.9 Å². The molecule has 0 bridgehead atoms. The van der Waals surface area contributed by atoms with Gasteiger partial charge in [0.05, 0.1) is 27.8 Å². The summed E-state index contributed by atoms with van der Waals surface area (Å²) in [5, 5.41) is 11.6. The Hall–Kier alpha value is -1.53. The average Bonchev–Trinajstić information content (AvgIpc) is 2.93. The number of nitrogens with zero attached hydrogens (tertiary/aromatic N) is 1. The summed E-state index contributed by atoms with van der Waals surface area (Å²) in [5.41, 5.74) is 3.23. The second kappa shape index (κ2) is 6.07. The molecular formula is C15H13Br2N3O. The minimum absolute atomic E-state index is 0.714.